The zero-order chi connectivity index (χ0) is 14.4. The summed E-state index contributed by atoms with van der Waals surface area (Å²) in [5, 5.41) is 3.47. The van der Waals surface area contributed by atoms with E-state index in [0.29, 0.717) is 23.5 Å². The highest BCUT2D eigenvalue weighted by Crippen LogP contribution is 2.13. The van der Waals surface area contributed by atoms with Crippen LogP contribution >= 0.6 is 11.3 Å². The molecule has 1 heterocycles. The number of Topliss-reactive ketones (excluding diaryl/α,β-unsaturated/α-hetero) is 1. The quantitative estimate of drug-likeness (QED) is 0.605. The van der Waals surface area contributed by atoms with E-state index in [1.807, 2.05) is 6.92 Å². The van der Waals surface area contributed by atoms with Crippen molar-refractivity contribution in [2.45, 2.75) is 6.92 Å². The average Bonchev–Trinajstić information content (AvgIpc) is 3.00. The lowest BCUT2D eigenvalue weighted by Gasteiger charge is -2.05. The Morgan fingerprint density at radius 3 is 2.45 bits per heavy atom. The summed E-state index contributed by atoms with van der Waals surface area (Å²) in [5.41, 5.74) is 0.959. The molecule has 0 spiro atoms. The van der Waals surface area contributed by atoms with Crippen LogP contribution in [0.5, 0.6) is 5.75 Å². The van der Waals surface area contributed by atoms with Gasteiger partial charge in [-0.25, -0.2) is 4.79 Å². The summed E-state index contributed by atoms with van der Waals surface area (Å²) in [4.78, 5) is 23.5. The van der Waals surface area contributed by atoms with Crippen molar-refractivity contribution in [2.75, 3.05) is 13.2 Å². The minimum atomic E-state index is -0.481. The zero-order valence-corrected chi connectivity index (χ0v) is 11.8. The first-order valence-electron chi connectivity index (χ1n) is 6.16. The van der Waals surface area contributed by atoms with Gasteiger partial charge in [0.05, 0.1) is 12.2 Å². The molecular weight excluding hydrogens is 276 g/mol. The first-order valence-corrected chi connectivity index (χ1v) is 7.10. The smallest absolute Gasteiger partial charge is 0.339 e. The maximum Gasteiger partial charge on any atom is 0.339 e. The van der Waals surface area contributed by atoms with Gasteiger partial charge in [-0.1, -0.05) is 0 Å². The van der Waals surface area contributed by atoms with Gasteiger partial charge in [0.2, 0.25) is 0 Å². The Morgan fingerprint density at radius 2 is 1.85 bits per heavy atom. The van der Waals surface area contributed by atoms with E-state index in [4.69, 9.17) is 9.47 Å². The van der Waals surface area contributed by atoms with Gasteiger partial charge in [0.15, 0.2) is 12.4 Å². The van der Waals surface area contributed by atoms with Gasteiger partial charge >= 0.3 is 5.97 Å². The minimum Gasteiger partial charge on any atom is -0.494 e. The molecule has 0 unspecified atom stereocenters. The van der Waals surface area contributed by atoms with Gasteiger partial charge in [0, 0.05) is 10.9 Å². The van der Waals surface area contributed by atoms with Gasteiger partial charge in [0.25, 0.3) is 0 Å². The fourth-order valence-corrected chi connectivity index (χ4v) is 2.21. The summed E-state index contributed by atoms with van der Waals surface area (Å²) >= 11 is 1.41. The Balaban J connectivity index is 1.90. The summed E-state index contributed by atoms with van der Waals surface area (Å²) in [7, 11) is 0. The third-order valence-corrected chi connectivity index (χ3v) is 3.26. The third kappa shape index (κ3) is 3.68. The molecule has 0 aliphatic rings. The Morgan fingerprint density at radius 1 is 1.10 bits per heavy atom. The van der Waals surface area contributed by atoms with Gasteiger partial charge in [-0.15, -0.1) is 0 Å². The second-order valence-corrected chi connectivity index (χ2v) is 4.75. The highest BCUT2D eigenvalue weighted by atomic mass is 32.1. The SMILES string of the molecule is CCOc1ccc(C(=O)COC(=O)c2ccsc2)cc1. The van der Waals surface area contributed by atoms with Crippen LogP contribution in [0.2, 0.25) is 0 Å². The van der Waals surface area contributed by atoms with Crippen molar-refractivity contribution in [3.63, 3.8) is 0 Å². The van der Waals surface area contributed by atoms with E-state index in [9.17, 15) is 9.59 Å². The van der Waals surface area contributed by atoms with E-state index in [0.717, 1.165) is 0 Å². The summed E-state index contributed by atoms with van der Waals surface area (Å²) < 4.78 is 10.3. The highest BCUT2D eigenvalue weighted by Gasteiger charge is 2.12. The Labute approximate surface area is 121 Å². The Kier molecular flexibility index (Phi) is 4.90. The van der Waals surface area contributed by atoms with Crippen molar-refractivity contribution in [1.82, 2.24) is 0 Å². The number of hydrogen-bond acceptors (Lipinski definition) is 5. The third-order valence-electron chi connectivity index (χ3n) is 2.58. The zero-order valence-electron chi connectivity index (χ0n) is 11.0. The molecule has 4 nitrogen and oxygen atoms in total. The lowest BCUT2D eigenvalue weighted by molar-refractivity contribution is 0.0475. The van der Waals surface area contributed by atoms with E-state index in [2.05, 4.69) is 0 Å². The van der Waals surface area contributed by atoms with E-state index < -0.39 is 5.97 Å². The molecule has 0 radical (unpaired) electrons. The Hall–Kier alpha value is -2.14. The maximum atomic E-state index is 11.9. The highest BCUT2D eigenvalue weighted by molar-refractivity contribution is 7.08. The maximum absolute atomic E-state index is 11.9. The number of esters is 1. The number of ketones is 1. The molecule has 0 amide bonds. The van der Waals surface area contributed by atoms with Crippen molar-refractivity contribution >= 4 is 23.1 Å². The van der Waals surface area contributed by atoms with Crippen LogP contribution in [0.4, 0.5) is 0 Å². The molecule has 0 aliphatic carbocycles. The Bertz CT molecular complexity index is 572. The molecule has 0 fully saturated rings. The first kappa shape index (κ1) is 14.3. The van der Waals surface area contributed by atoms with Crippen molar-refractivity contribution in [1.29, 1.82) is 0 Å². The number of benzene rings is 1. The molecule has 0 saturated carbocycles. The predicted octanol–water partition coefficient (Wildman–Crippen LogP) is 3.19. The average molecular weight is 290 g/mol. The number of carbonyl (C=O) groups excluding carboxylic acids is 2. The normalized spacial score (nSPS) is 10.1. The van der Waals surface area contributed by atoms with Gasteiger partial charge < -0.3 is 9.47 Å². The lowest BCUT2D eigenvalue weighted by atomic mass is 10.1. The van der Waals surface area contributed by atoms with Crippen LogP contribution in [-0.2, 0) is 4.74 Å². The fraction of sp³-hybridized carbons (Fsp3) is 0.200. The van der Waals surface area contributed by atoms with Crippen molar-refractivity contribution in [3.8, 4) is 5.75 Å². The molecule has 0 atom stereocenters. The molecule has 5 heteroatoms. The number of thiophene rings is 1. The van der Waals surface area contributed by atoms with Crippen LogP contribution in [0.1, 0.15) is 27.6 Å². The molecular formula is C15H14O4S. The second kappa shape index (κ2) is 6.86. The van der Waals surface area contributed by atoms with Gasteiger partial charge in [-0.05, 0) is 42.6 Å². The standard InChI is InChI=1S/C15H14O4S/c1-2-18-13-5-3-11(4-6-13)14(16)9-19-15(17)12-7-8-20-10-12/h3-8,10H,2,9H2,1H3. The van der Waals surface area contributed by atoms with Crippen molar-refractivity contribution < 1.29 is 19.1 Å². The van der Waals surface area contributed by atoms with Crippen LogP contribution in [0.3, 0.4) is 0 Å². The van der Waals surface area contributed by atoms with Gasteiger partial charge in [-0.3, -0.25) is 4.79 Å². The first-order chi connectivity index (χ1) is 9.70. The minimum absolute atomic E-state index is 0.239. The summed E-state index contributed by atoms with van der Waals surface area (Å²) in [6.45, 7) is 2.21. The van der Waals surface area contributed by atoms with E-state index in [1.165, 1.54) is 11.3 Å². The summed E-state index contributed by atoms with van der Waals surface area (Å²) in [6, 6.07) is 8.42. The molecule has 2 aromatic rings. The summed E-state index contributed by atoms with van der Waals surface area (Å²) in [5.74, 6) is -0.0125. The van der Waals surface area contributed by atoms with E-state index in [1.54, 1.807) is 41.1 Å². The van der Waals surface area contributed by atoms with Crippen molar-refractivity contribution in [3.05, 3.63) is 52.2 Å². The molecule has 1 aromatic carbocycles. The molecule has 0 saturated heterocycles. The molecule has 1 aromatic heterocycles. The van der Waals surface area contributed by atoms with Crippen LogP contribution in [0, 0.1) is 0 Å². The van der Waals surface area contributed by atoms with Crippen molar-refractivity contribution in [2.24, 2.45) is 0 Å². The second-order valence-electron chi connectivity index (χ2n) is 3.97. The fourth-order valence-electron chi connectivity index (χ4n) is 1.58. The molecule has 0 aliphatic heterocycles. The van der Waals surface area contributed by atoms with Crippen LogP contribution in [0.15, 0.2) is 41.1 Å². The topological polar surface area (TPSA) is 52.6 Å². The number of hydrogen-bond donors (Lipinski definition) is 0. The van der Waals surface area contributed by atoms with E-state index in [-0.39, 0.29) is 12.4 Å². The largest absolute Gasteiger partial charge is 0.494 e. The predicted molar refractivity (Wildman–Crippen MR) is 76.5 cm³/mol. The van der Waals surface area contributed by atoms with E-state index >= 15 is 0 Å². The summed E-state index contributed by atoms with van der Waals surface area (Å²) in [6.07, 6.45) is 0. The van der Waals surface area contributed by atoms with Crippen LogP contribution in [-0.4, -0.2) is 25.0 Å². The van der Waals surface area contributed by atoms with Crippen LogP contribution < -0.4 is 4.74 Å². The van der Waals surface area contributed by atoms with Crippen LogP contribution in [0.25, 0.3) is 0 Å². The molecule has 0 N–H and O–H groups in total. The number of carbonyl (C=O) groups is 2. The molecule has 20 heavy (non-hydrogen) atoms. The number of rotatable bonds is 6. The monoisotopic (exact) mass is 290 g/mol. The molecule has 104 valence electrons. The molecule has 2 rings (SSSR count). The number of ether oxygens (including phenoxy) is 2. The lowest BCUT2D eigenvalue weighted by Crippen LogP contribution is -2.13. The molecule has 0 bridgehead atoms. The van der Waals surface area contributed by atoms with Gasteiger partial charge in [-0.2, -0.15) is 11.3 Å². The van der Waals surface area contributed by atoms with Gasteiger partial charge in [0.1, 0.15) is 5.75 Å².